The molecule has 0 bridgehead atoms. The molecule has 1 saturated carbocycles. The summed E-state index contributed by atoms with van der Waals surface area (Å²) < 4.78 is 46.2. The Morgan fingerprint density at radius 1 is 1.06 bits per heavy atom. The second-order valence-electron chi connectivity index (χ2n) is 7.84. The van der Waals surface area contributed by atoms with E-state index in [0.717, 1.165) is 23.7 Å². The maximum atomic E-state index is 13.2. The lowest BCUT2D eigenvalue weighted by molar-refractivity contribution is -0.135. The summed E-state index contributed by atoms with van der Waals surface area (Å²) in [6.45, 7) is 1.74. The van der Waals surface area contributed by atoms with Crippen LogP contribution in [0.15, 0.2) is 53.4 Å². The molecule has 4 rings (SSSR count). The van der Waals surface area contributed by atoms with Crippen LogP contribution >= 0.6 is 12.4 Å². The van der Waals surface area contributed by atoms with Gasteiger partial charge in [-0.25, -0.2) is 18.3 Å². The first-order valence-electron chi connectivity index (χ1n) is 10.1. The van der Waals surface area contributed by atoms with E-state index in [2.05, 4.69) is 4.90 Å². The third kappa shape index (κ3) is 5.57. The third-order valence-electron chi connectivity index (χ3n) is 5.52. The number of hydrogen-bond acceptors (Lipinski definition) is 6. The highest BCUT2D eigenvalue weighted by molar-refractivity contribution is 7.89. The average molecular weight is 486 g/mol. The lowest BCUT2D eigenvalue weighted by Crippen LogP contribution is -2.60. The Balaban J connectivity index is 0.00000289. The molecule has 2 aliphatic rings. The summed E-state index contributed by atoms with van der Waals surface area (Å²) in [7, 11) is -3.97. The van der Waals surface area contributed by atoms with Crippen molar-refractivity contribution in [1.29, 1.82) is 0 Å². The fraction of sp³-hybridized carbons (Fsp3) is 0.381. The van der Waals surface area contributed by atoms with Crippen molar-refractivity contribution in [1.82, 2.24) is 14.7 Å². The van der Waals surface area contributed by atoms with Crippen LogP contribution in [0.1, 0.15) is 12.8 Å². The van der Waals surface area contributed by atoms with E-state index in [1.807, 2.05) is 0 Å². The Morgan fingerprint density at radius 3 is 2.22 bits per heavy atom. The van der Waals surface area contributed by atoms with E-state index in [0.29, 0.717) is 24.0 Å². The molecule has 1 saturated heterocycles. The van der Waals surface area contributed by atoms with Gasteiger partial charge in [-0.1, -0.05) is 0 Å². The summed E-state index contributed by atoms with van der Waals surface area (Å²) in [4.78, 5) is 14.3. The number of nitrogens with zero attached hydrogens (tertiary/aromatic N) is 2. The van der Waals surface area contributed by atoms with Gasteiger partial charge >= 0.3 is 0 Å². The topological polar surface area (TPSA) is 99.2 Å². The number of hydrogen-bond donors (Lipinski definition) is 2. The molecule has 1 aliphatic carbocycles. The first kappa shape index (κ1) is 24.4. The Hall–Kier alpha value is -2.24. The maximum Gasteiger partial charge on any atom is 0.263 e. The van der Waals surface area contributed by atoms with Gasteiger partial charge in [0.25, 0.3) is 5.91 Å². The molecule has 2 aromatic rings. The van der Waals surface area contributed by atoms with E-state index < -0.39 is 22.0 Å². The second kappa shape index (κ2) is 10.1. The number of piperazine rings is 1. The zero-order valence-corrected chi connectivity index (χ0v) is 18.8. The Kier molecular flexibility index (Phi) is 7.73. The van der Waals surface area contributed by atoms with Crippen molar-refractivity contribution in [2.24, 2.45) is 5.92 Å². The van der Waals surface area contributed by atoms with Crippen LogP contribution < -0.4 is 10.2 Å². The van der Waals surface area contributed by atoms with Crippen LogP contribution in [0.2, 0.25) is 0 Å². The summed E-state index contributed by atoms with van der Waals surface area (Å²) in [6, 6.07) is 10.3. The quantitative estimate of drug-likeness (QED) is 0.462. The number of benzene rings is 2. The van der Waals surface area contributed by atoms with Gasteiger partial charge in [0.15, 0.2) is 0 Å². The molecule has 32 heavy (non-hydrogen) atoms. The van der Waals surface area contributed by atoms with E-state index in [1.165, 1.54) is 48.5 Å². The molecule has 0 radical (unpaired) electrons. The number of amides is 1. The minimum atomic E-state index is -3.97. The van der Waals surface area contributed by atoms with Crippen LogP contribution in [-0.4, -0.2) is 61.0 Å². The first-order chi connectivity index (χ1) is 14.9. The largest absolute Gasteiger partial charge is 0.457 e. The van der Waals surface area contributed by atoms with Gasteiger partial charge in [-0.2, -0.15) is 4.31 Å². The Labute approximate surface area is 192 Å². The standard InChI is InChI=1S/C21H24FN3O5S.ClH/c22-16-3-5-17(6-4-16)30-18-7-9-19(10-8-18)31(28,29)25-12-11-24(13-15-1-2-15)14-20(25)21(26)23-27;/h3-10,15,20,27H,1-2,11-14H2,(H,23,26);1H/t20-;/m1./s1. The summed E-state index contributed by atoms with van der Waals surface area (Å²) in [5, 5.41) is 9.14. The molecular formula is C21H25ClFN3O5S. The number of ether oxygens (including phenoxy) is 1. The summed E-state index contributed by atoms with van der Waals surface area (Å²) in [5.74, 6) is 0.287. The van der Waals surface area contributed by atoms with Gasteiger partial charge in [0.2, 0.25) is 10.0 Å². The predicted octanol–water partition coefficient (Wildman–Crippen LogP) is 2.63. The second-order valence-corrected chi connectivity index (χ2v) is 9.73. The molecule has 2 fully saturated rings. The van der Waals surface area contributed by atoms with Gasteiger partial charge in [-0.05, 0) is 67.3 Å². The van der Waals surface area contributed by atoms with Gasteiger partial charge < -0.3 is 4.74 Å². The molecule has 0 aromatic heterocycles. The molecule has 0 unspecified atom stereocenters. The van der Waals surface area contributed by atoms with Crippen molar-refractivity contribution in [2.75, 3.05) is 26.2 Å². The number of halogens is 2. The zero-order valence-electron chi connectivity index (χ0n) is 17.2. The van der Waals surface area contributed by atoms with Gasteiger partial charge in [-0.3, -0.25) is 14.9 Å². The molecule has 2 aromatic carbocycles. The smallest absolute Gasteiger partial charge is 0.263 e. The van der Waals surface area contributed by atoms with Crippen molar-refractivity contribution in [3.05, 3.63) is 54.3 Å². The minimum absolute atomic E-state index is 0. The molecule has 8 nitrogen and oxygen atoms in total. The Morgan fingerprint density at radius 2 is 1.66 bits per heavy atom. The fourth-order valence-corrected chi connectivity index (χ4v) is 5.25. The highest BCUT2D eigenvalue weighted by Gasteiger charge is 2.41. The van der Waals surface area contributed by atoms with Crippen LogP contribution in [0.3, 0.4) is 0 Å². The predicted molar refractivity (Wildman–Crippen MR) is 117 cm³/mol. The SMILES string of the molecule is Cl.O=C(NO)[C@H]1CN(CC2CC2)CCN1S(=O)(=O)c1ccc(Oc2ccc(F)cc2)cc1. The van der Waals surface area contributed by atoms with Crippen LogP contribution in [-0.2, 0) is 14.8 Å². The lowest BCUT2D eigenvalue weighted by atomic mass is 10.2. The average Bonchev–Trinajstić information content (AvgIpc) is 3.59. The number of carbonyl (C=O) groups excluding carboxylic acids is 1. The normalized spacial score (nSPS) is 19.8. The highest BCUT2D eigenvalue weighted by Crippen LogP contribution is 2.31. The summed E-state index contributed by atoms with van der Waals surface area (Å²) >= 11 is 0. The van der Waals surface area contributed by atoms with E-state index in [9.17, 15) is 17.6 Å². The molecule has 1 amide bonds. The molecular weight excluding hydrogens is 461 g/mol. The number of nitrogens with one attached hydrogen (secondary N) is 1. The molecule has 11 heteroatoms. The molecule has 1 atom stereocenters. The first-order valence-corrected chi connectivity index (χ1v) is 11.5. The fourth-order valence-electron chi connectivity index (χ4n) is 3.68. The summed E-state index contributed by atoms with van der Waals surface area (Å²) in [5.41, 5.74) is 1.60. The van der Waals surface area contributed by atoms with Gasteiger partial charge in [0, 0.05) is 26.2 Å². The molecule has 0 spiro atoms. The van der Waals surface area contributed by atoms with Crippen LogP contribution in [0.25, 0.3) is 0 Å². The van der Waals surface area contributed by atoms with Crippen molar-refractivity contribution >= 4 is 28.3 Å². The van der Waals surface area contributed by atoms with E-state index >= 15 is 0 Å². The number of hydroxylamine groups is 1. The molecule has 1 heterocycles. The molecule has 1 aliphatic heterocycles. The number of rotatable bonds is 7. The van der Waals surface area contributed by atoms with Crippen LogP contribution in [0, 0.1) is 11.7 Å². The van der Waals surface area contributed by atoms with Crippen molar-refractivity contribution < 1.29 is 27.5 Å². The highest BCUT2D eigenvalue weighted by atomic mass is 35.5. The third-order valence-corrected chi connectivity index (χ3v) is 7.44. The van der Waals surface area contributed by atoms with E-state index in [4.69, 9.17) is 9.94 Å². The zero-order chi connectivity index (χ0) is 22.0. The van der Waals surface area contributed by atoms with Gasteiger partial charge in [0.1, 0.15) is 23.4 Å². The van der Waals surface area contributed by atoms with Crippen molar-refractivity contribution in [3.8, 4) is 11.5 Å². The number of sulfonamides is 1. The lowest BCUT2D eigenvalue weighted by Gasteiger charge is -2.39. The molecule has 2 N–H and O–H groups in total. The van der Waals surface area contributed by atoms with E-state index in [1.54, 1.807) is 5.48 Å². The van der Waals surface area contributed by atoms with E-state index in [-0.39, 0.29) is 36.2 Å². The van der Waals surface area contributed by atoms with Gasteiger partial charge in [0.05, 0.1) is 4.90 Å². The maximum absolute atomic E-state index is 13.2. The molecule has 174 valence electrons. The van der Waals surface area contributed by atoms with Gasteiger partial charge in [-0.15, -0.1) is 12.4 Å². The Bertz CT molecular complexity index is 1030. The van der Waals surface area contributed by atoms with Crippen LogP contribution in [0.5, 0.6) is 11.5 Å². The minimum Gasteiger partial charge on any atom is -0.457 e. The van der Waals surface area contributed by atoms with Crippen molar-refractivity contribution in [2.45, 2.75) is 23.8 Å². The monoisotopic (exact) mass is 485 g/mol. The summed E-state index contributed by atoms with van der Waals surface area (Å²) in [6.07, 6.45) is 2.31. The number of carbonyl (C=O) groups is 1. The van der Waals surface area contributed by atoms with Crippen molar-refractivity contribution in [3.63, 3.8) is 0 Å². The van der Waals surface area contributed by atoms with Crippen LogP contribution in [0.4, 0.5) is 4.39 Å².